The summed E-state index contributed by atoms with van der Waals surface area (Å²) in [7, 11) is 1.37. The van der Waals surface area contributed by atoms with Gasteiger partial charge in [-0.2, -0.15) is 0 Å². The third-order valence-corrected chi connectivity index (χ3v) is 3.41. The van der Waals surface area contributed by atoms with Crippen molar-refractivity contribution >= 4 is 11.9 Å². The van der Waals surface area contributed by atoms with Crippen molar-refractivity contribution < 1.29 is 14.3 Å². The molecule has 5 nitrogen and oxygen atoms in total. The minimum Gasteiger partial charge on any atom is -0.469 e. The molecule has 1 aliphatic carbocycles. The summed E-state index contributed by atoms with van der Waals surface area (Å²) in [6, 6.07) is 0. The summed E-state index contributed by atoms with van der Waals surface area (Å²) in [4.78, 5) is 24.9. The van der Waals surface area contributed by atoms with Crippen molar-refractivity contribution in [3.8, 4) is 0 Å². The second-order valence-electron chi connectivity index (χ2n) is 4.48. The molecule has 90 valence electrons. The van der Waals surface area contributed by atoms with Gasteiger partial charge in [-0.1, -0.05) is 6.92 Å². The van der Waals surface area contributed by atoms with Crippen LogP contribution in [0.4, 0.5) is 0 Å². The number of rotatable bonds is 4. The van der Waals surface area contributed by atoms with Crippen LogP contribution in [0.25, 0.3) is 0 Å². The highest BCUT2D eigenvalue weighted by Crippen LogP contribution is 2.42. The van der Waals surface area contributed by atoms with E-state index in [0.29, 0.717) is 6.54 Å². The van der Waals surface area contributed by atoms with Gasteiger partial charge in [0.1, 0.15) is 0 Å². The molecule has 2 fully saturated rings. The zero-order valence-corrected chi connectivity index (χ0v) is 9.78. The Morgan fingerprint density at radius 1 is 1.62 bits per heavy atom. The van der Waals surface area contributed by atoms with Crippen LogP contribution in [0.2, 0.25) is 0 Å². The van der Waals surface area contributed by atoms with E-state index in [4.69, 9.17) is 0 Å². The first-order chi connectivity index (χ1) is 7.63. The van der Waals surface area contributed by atoms with Crippen LogP contribution in [-0.4, -0.2) is 42.1 Å². The smallest absolute Gasteiger partial charge is 0.307 e. The lowest BCUT2D eigenvalue weighted by Crippen LogP contribution is -2.38. The van der Waals surface area contributed by atoms with Crippen LogP contribution in [0.3, 0.4) is 0 Å². The van der Waals surface area contributed by atoms with Crippen molar-refractivity contribution in [2.45, 2.75) is 44.3 Å². The van der Waals surface area contributed by atoms with Gasteiger partial charge in [0.15, 0.2) is 0 Å². The molecule has 1 amide bonds. The SMILES string of the molecule is CCC1NC2(CC2)C(=O)N1CCC(=O)OC. The Kier molecular flexibility index (Phi) is 2.88. The van der Waals surface area contributed by atoms with Gasteiger partial charge in [-0.05, 0) is 19.3 Å². The zero-order valence-electron chi connectivity index (χ0n) is 9.78. The number of carbonyl (C=O) groups is 2. The Morgan fingerprint density at radius 3 is 2.81 bits per heavy atom. The van der Waals surface area contributed by atoms with Gasteiger partial charge in [0.05, 0.1) is 25.2 Å². The predicted octanol–water partition coefficient (Wildman–Crippen LogP) is 0.250. The summed E-state index contributed by atoms with van der Waals surface area (Å²) in [5.74, 6) is -0.109. The molecule has 16 heavy (non-hydrogen) atoms. The van der Waals surface area contributed by atoms with Crippen LogP contribution in [0, 0.1) is 0 Å². The summed E-state index contributed by atoms with van der Waals surface area (Å²) in [6.45, 7) is 2.50. The fourth-order valence-corrected chi connectivity index (χ4v) is 2.25. The highest BCUT2D eigenvalue weighted by molar-refractivity contribution is 5.92. The Hall–Kier alpha value is -1.10. The van der Waals surface area contributed by atoms with Crippen LogP contribution < -0.4 is 5.32 Å². The summed E-state index contributed by atoms with van der Waals surface area (Å²) in [5.41, 5.74) is -0.281. The lowest BCUT2D eigenvalue weighted by molar-refractivity contribution is -0.141. The molecule has 2 aliphatic rings. The summed E-state index contributed by atoms with van der Waals surface area (Å²) < 4.78 is 4.58. The molecule has 1 N–H and O–H groups in total. The average molecular weight is 226 g/mol. The zero-order chi connectivity index (χ0) is 11.8. The lowest BCUT2D eigenvalue weighted by Gasteiger charge is -2.22. The van der Waals surface area contributed by atoms with Gasteiger partial charge in [-0.25, -0.2) is 0 Å². The first kappa shape index (κ1) is 11.4. The Labute approximate surface area is 95.1 Å². The maximum atomic E-state index is 12.1. The molecule has 1 heterocycles. The van der Waals surface area contributed by atoms with Crippen LogP contribution in [0.5, 0.6) is 0 Å². The highest BCUT2D eigenvalue weighted by atomic mass is 16.5. The molecule has 0 aromatic heterocycles. The minimum atomic E-state index is -0.281. The van der Waals surface area contributed by atoms with E-state index in [1.807, 2.05) is 6.92 Å². The molecule has 1 unspecified atom stereocenters. The monoisotopic (exact) mass is 226 g/mol. The second kappa shape index (κ2) is 4.05. The van der Waals surface area contributed by atoms with E-state index in [2.05, 4.69) is 10.1 Å². The quantitative estimate of drug-likeness (QED) is 0.698. The number of nitrogens with one attached hydrogen (secondary N) is 1. The Bertz CT molecular complexity index is 312. The number of ether oxygens (including phenoxy) is 1. The first-order valence-electron chi connectivity index (χ1n) is 5.78. The van der Waals surface area contributed by atoms with Gasteiger partial charge in [0.2, 0.25) is 5.91 Å². The summed E-state index contributed by atoms with van der Waals surface area (Å²) in [6.07, 6.45) is 3.08. The fourth-order valence-electron chi connectivity index (χ4n) is 2.25. The molecule has 5 heteroatoms. The van der Waals surface area contributed by atoms with E-state index in [9.17, 15) is 9.59 Å². The predicted molar refractivity (Wildman–Crippen MR) is 57.5 cm³/mol. The van der Waals surface area contributed by atoms with Crippen molar-refractivity contribution in [1.82, 2.24) is 10.2 Å². The fraction of sp³-hybridized carbons (Fsp3) is 0.818. The standard InChI is InChI=1S/C11H18N2O3/c1-3-8-12-11(5-6-11)10(15)13(8)7-4-9(14)16-2/h8,12H,3-7H2,1-2H3. The Morgan fingerprint density at radius 2 is 2.31 bits per heavy atom. The number of methoxy groups -OCH3 is 1. The van der Waals surface area contributed by atoms with Crippen LogP contribution >= 0.6 is 0 Å². The molecule has 2 rings (SSSR count). The molecule has 1 atom stereocenters. The molecule has 1 aliphatic heterocycles. The van der Waals surface area contributed by atoms with E-state index >= 15 is 0 Å². The normalized spacial score (nSPS) is 26.2. The van der Waals surface area contributed by atoms with Gasteiger partial charge in [0.25, 0.3) is 0 Å². The molecular formula is C11H18N2O3. The van der Waals surface area contributed by atoms with Gasteiger partial charge in [-0.15, -0.1) is 0 Å². The number of nitrogens with zero attached hydrogens (tertiary/aromatic N) is 1. The van der Waals surface area contributed by atoms with Gasteiger partial charge in [0, 0.05) is 6.54 Å². The largest absolute Gasteiger partial charge is 0.469 e. The molecule has 0 radical (unpaired) electrons. The molecule has 1 saturated carbocycles. The Balaban J connectivity index is 1.96. The van der Waals surface area contributed by atoms with Crippen molar-refractivity contribution in [1.29, 1.82) is 0 Å². The van der Waals surface area contributed by atoms with E-state index < -0.39 is 0 Å². The van der Waals surface area contributed by atoms with Crippen LogP contribution in [0.15, 0.2) is 0 Å². The molecule has 1 saturated heterocycles. The number of hydrogen-bond donors (Lipinski definition) is 1. The van der Waals surface area contributed by atoms with E-state index in [0.717, 1.165) is 19.3 Å². The topological polar surface area (TPSA) is 58.6 Å². The second-order valence-corrected chi connectivity index (χ2v) is 4.48. The molecule has 0 aromatic carbocycles. The van der Waals surface area contributed by atoms with Crippen molar-refractivity contribution in [2.75, 3.05) is 13.7 Å². The maximum Gasteiger partial charge on any atom is 0.307 e. The number of hydrogen-bond acceptors (Lipinski definition) is 4. The van der Waals surface area contributed by atoms with E-state index in [1.54, 1.807) is 4.90 Å². The third-order valence-electron chi connectivity index (χ3n) is 3.41. The van der Waals surface area contributed by atoms with Crippen molar-refractivity contribution in [3.05, 3.63) is 0 Å². The van der Waals surface area contributed by atoms with Crippen molar-refractivity contribution in [2.24, 2.45) is 0 Å². The average Bonchev–Trinajstić information content (AvgIpc) is 3.02. The minimum absolute atomic E-state index is 0.0830. The lowest BCUT2D eigenvalue weighted by atomic mass is 10.2. The van der Waals surface area contributed by atoms with E-state index in [-0.39, 0.29) is 30.0 Å². The van der Waals surface area contributed by atoms with Crippen LogP contribution in [-0.2, 0) is 14.3 Å². The van der Waals surface area contributed by atoms with Crippen LogP contribution in [0.1, 0.15) is 32.6 Å². The first-order valence-corrected chi connectivity index (χ1v) is 5.78. The van der Waals surface area contributed by atoms with E-state index in [1.165, 1.54) is 7.11 Å². The number of carbonyl (C=O) groups excluding carboxylic acids is 2. The van der Waals surface area contributed by atoms with Gasteiger partial charge < -0.3 is 9.64 Å². The summed E-state index contributed by atoms with van der Waals surface area (Å²) >= 11 is 0. The third kappa shape index (κ3) is 1.80. The van der Waals surface area contributed by atoms with Crippen molar-refractivity contribution in [3.63, 3.8) is 0 Å². The number of esters is 1. The molecule has 0 aromatic rings. The highest BCUT2D eigenvalue weighted by Gasteiger charge is 2.58. The number of amides is 1. The molecular weight excluding hydrogens is 208 g/mol. The molecule has 1 spiro atoms. The summed E-state index contributed by atoms with van der Waals surface area (Å²) in [5, 5.41) is 3.36. The maximum absolute atomic E-state index is 12.1. The van der Waals surface area contributed by atoms with Gasteiger partial charge >= 0.3 is 5.97 Å². The molecule has 0 bridgehead atoms. The van der Waals surface area contributed by atoms with Gasteiger partial charge in [-0.3, -0.25) is 14.9 Å².